The van der Waals surface area contributed by atoms with Gasteiger partial charge >= 0.3 is 0 Å². The van der Waals surface area contributed by atoms with Gasteiger partial charge in [-0.1, -0.05) is 12.1 Å². The molecule has 0 aliphatic carbocycles. The van der Waals surface area contributed by atoms with E-state index in [4.69, 9.17) is 10.5 Å². The van der Waals surface area contributed by atoms with E-state index in [-0.39, 0.29) is 17.9 Å². The van der Waals surface area contributed by atoms with Crippen LogP contribution in [0.2, 0.25) is 0 Å². The second-order valence-corrected chi connectivity index (χ2v) is 3.69. The highest BCUT2D eigenvalue weighted by atomic mass is 19.1. The first kappa shape index (κ1) is 10.9. The molecule has 1 aromatic carbocycles. The van der Waals surface area contributed by atoms with Crippen LogP contribution in [0.15, 0.2) is 29.3 Å². The van der Waals surface area contributed by atoms with Crippen LogP contribution in [0.25, 0.3) is 0 Å². The molecule has 0 fully saturated rings. The summed E-state index contributed by atoms with van der Waals surface area (Å²) in [7, 11) is 0. The first-order valence-electron chi connectivity index (χ1n) is 5.15. The van der Waals surface area contributed by atoms with Gasteiger partial charge in [0.15, 0.2) is 0 Å². The van der Waals surface area contributed by atoms with Crippen molar-refractivity contribution in [1.82, 2.24) is 5.32 Å². The SMILES string of the molecule is NC1=N[C@@H](CNCc2cccc(F)c2)CO1. The van der Waals surface area contributed by atoms with E-state index < -0.39 is 0 Å². The normalized spacial score (nSPS) is 19.3. The van der Waals surface area contributed by atoms with Gasteiger partial charge in [-0.05, 0) is 17.7 Å². The van der Waals surface area contributed by atoms with Crippen molar-refractivity contribution < 1.29 is 9.13 Å². The third-order valence-electron chi connectivity index (χ3n) is 2.33. The highest BCUT2D eigenvalue weighted by Gasteiger charge is 2.15. The second-order valence-electron chi connectivity index (χ2n) is 3.69. The van der Waals surface area contributed by atoms with Gasteiger partial charge in [0.1, 0.15) is 18.5 Å². The van der Waals surface area contributed by atoms with E-state index in [2.05, 4.69) is 10.3 Å². The smallest absolute Gasteiger partial charge is 0.282 e. The lowest BCUT2D eigenvalue weighted by molar-refractivity contribution is 0.309. The molecule has 0 saturated carbocycles. The van der Waals surface area contributed by atoms with Crippen LogP contribution in [-0.4, -0.2) is 25.2 Å². The number of nitrogens with one attached hydrogen (secondary N) is 1. The Morgan fingerprint density at radius 3 is 3.12 bits per heavy atom. The zero-order chi connectivity index (χ0) is 11.4. The number of halogens is 1. The summed E-state index contributed by atoms with van der Waals surface area (Å²) >= 11 is 0. The Morgan fingerprint density at radius 1 is 1.56 bits per heavy atom. The molecule has 0 aromatic heterocycles. The van der Waals surface area contributed by atoms with Crippen molar-refractivity contribution in [1.29, 1.82) is 0 Å². The molecule has 1 aliphatic rings. The van der Waals surface area contributed by atoms with Gasteiger partial charge in [-0.15, -0.1) is 0 Å². The molecule has 2 rings (SSSR count). The summed E-state index contributed by atoms with van der Waals surface area (Å²) in [5.74, 6) is -0.217. The molecule has 3 N–H and O–H groups in total. The first-order chi connectivity index (χ1) is 7.74. The predicted octanol–water partition coefficient (Wildman–Crippen LogP) is 0.629. The van der Waals surface area contributed by atoms with Crippen LogP contribution in [0.1, 0.15) is 5.56 Å². The molecule has 1 heterocycles. The van der Waals surface area contributed by atoms with Gasteiger partial charge in [0.25, 0.3) is 6.02 Å². The fraction of sp³-hybridized carbons (Fsp3) is 0.364. The van der Waals surface area contributed by atoms with Gasteiger partial charge in [0.2, 0.25) is 0 Å². The predicted molar refractivity (Wildman–Crippen MR) is 59.5 cm³/mol. The van der Waals surface area contributed by atoms with Gasteiger partial charge in [-0.25, -0.2) is 9.38 Å². The fourth-order valence-electron chi connectivity index (χ4n) is 1.57. The largest absolute Gasteiger partial charge is 0.463 e. The maximum absolute atomic E-state index is 12.9. The molecule has 4 nitrogen and oxygen atoms in total. The van der Waals surface area contributed by atoms with E-state index in [1.54, 1.807) is 6.07 Å². The molecule has 1 aromatic rings. The van der Waals surface area contributed by atoms with E-state index in [0.717, 1.165) is 5.56 Å². The van der Waals surface area contributed by atoms with Crippen LogP contribution < -0.4 is 11.1 Å². The lowest BCUT2D eigenvalue weighted by Crippen LogP contribution is -2.26. The van der Waals surface area contributed by atoms with Crippen molar-refractivity contribution in [2.45, 2.75) is 12.6 Å². The topological polar surface area (TPSA) is 59.6 Å². The van der Waals surface area contributed by atoms with Gasteiger partial charge < -0.3 is 15.8 Å². The van der Waals surface area contributed by atoms with Crippen molar-refractivity contribution in [2.24, 2.45) is 10.7 Å². The monoisotopic (exact) mass is 223 g/mol. The molecular weight excluding hydrogens is 209 g/mol. The van der Waals surface area contributed by atoms with Crippen molar-refractivity contribution in [3.05, 3.63) is 35.6 Å². The summed E-state index contributed by atoms with van der Waals surface area (Å²) in [6.07, 6.45) is 0. The second kappa shape index (κ2) is 4.94. The number of benzene rings is 1. The van der Waals surface area contributed by atoms with E-state index in [1.165, 1.54) is 12.1 Å². The Labute approximate surface area is 93.3 Å². The molecule has 0 amide bonds. The summed E-state index contributed by atoms with van der Waals surface area (Å²) in [6, 6.07) is 6.82. The highest BCUT2D eigenvalue weighted by molar-refractivity contribution is 5.73. The number of aliphatic imine (C=N–C) groups is 1. The first-order valence-corrected chi connectivity index (χ1v) is 5.15. The third-order valence-corrected chi connectivity index (χ3v) is 2.33. The third kappa shape index (κ3) is 2.93. The van der Waals surface area contributed by atoms with Crippen molar-refractivity contribution in [2.75, 3.05) is 13.2 Å². The van der Waals surface area contributed by atoms with E-state index in [9.17, 15) is 4.39 Å². The molecule has 1 aliphatic heterocycles. The van der Waals surface area contributed by atoms with E-state index in [0.29, 0.717) is 19.7 Å². The number of hydrogen-bond donors (Lipinski definition) is 2. The van der Waals surface area contributed by atoms with Crippen molar-refractivity contribution in [3.63, 3.8) is 0 Å². The summed E-state index contributed by atoms with van der Waals surface area (Å²) < 4.78 is 17.9. The van der Waals surface area contributed by atoms with Crippen LogP contribution in [0.4, 0.5) is 4.39 Å². The molecule has 0 radical (unpaired) electrons. The highest BCUT2D eigenvalue weighted by Crippen LogP contribution is 2.04. The van der Waals surface area contributed by atoms with E-state index in [1.807, 2.05) is 6.07 Å². The van der Waals surface area contributed by atoms with Crippen molar-refractivity contribution in [3.8, 4) is 0 Å². The van der Waals surface area contributed by atoms with Gasteiger partial charge in [0, 0.05) is 13.1 Å². The molecule has 1 atom stereocenters. The minimum Gasteiger partial charge on any atom is -0.463 e. The number of amidine groups is 1. The molecule has 0 spiro atoms. The van der Waals surface area contributed by atoms with Gasteiger partial charge in [0.05, 0.1) is 0 Å². The molecule has 0 bridgehead atoms. The van der Waals surface area contributed by atoms with Crippen LogP contribution in [0.5, 0.6) is 0 Å². The Kier molecular flexibility index (Phi) is 3.36. The fourth-order valence-corrected chi connectivity index (χ4v) is 1.57. The maximum Gasteiger partial charge on any atom is 0.282 e. The Balaban J connectivity index is 1.76. The van der Waals surface area contributed by atoms with Crippen molar-refractivity contribution >= 4 is 6.02 Å². The number of ether oxygens (including phenoxy) is 1. The Bertz CT molecular complexity index is 395. The Hall–Kier alpha value is -1.62. The number of nitrogens with zero attached hydrogens (tertiary/aromatic N) is 1. The van der Waals surface area contributed by atoms with Gasteiger partial charge in [-0.3, -0.25) is 0 Å². The molecule has 5 heteroatoms. The van der Waals surface area contributed by atoms with Gasteiger partial charge in [-0.2, -0.15) is 0 Å². The van der Waals surface area contributed by atoms with Crippen LogP contribution >= 0.6 is 0 Å². The average Bonchev–Trinajstić information content (AvgIpc) is 2.64. The molecule has 0 saturated heterocycles. The molecule has 0 unspecified atom stereocenters. The zero-order valence-electron chi connectivity index (χ0n) is 8.82. The van der Waals surface area contributed by atoms with Crippen LogP contribution in [0.3, 0.4) is 0 Å². The summed E-state index contributed by atoms with van der Waals surface area (Å²) in [5, 5.41) is 3.18. The Morgan fingerprint density at radius 2 is 2.44 bits per heavy atom. The average molecular weight is 223 g/mol. The summed E-state index contributed by atoms with van der Waals surface area (Å²) in [6.45, 7) is 1.81. The molecule has 16 heavy (non-hydrogen) atoms. The lowest BCUT2D eigenvalue weighted by atomic mass is 10.2. The summed E-state index contributed by atoms with van der Waals surface area (Å²) in [5.41, 5.74) is 6.29. The number of nitrogens with two attached hydrogens (primary N) is 1. The standard InChI is InChI=1S/C11H14FN3O/c12-9-3-1-2-8(4-9)5-14-6-10-7-16-11(13)15-10/h1-4,10,14H,5-7H2,(H2,13,15)/t10-/m0/s1. The number of rotatable bonds is 4. The zero-order valence-corrected chi connectivity index (χ0v) is 8.82. The quantitative estimate of drug-likeness (QED) is 0.787. The van der Waals surface area contributed by atoms with Crippen LogP contribution in [-0.2, 0) is 11.3 Å². The minimum atomic E-state index is -0.217. The molecular formula is C11H14FN3O. The summed E-state index contributed by atoms with van der Waals surface area (Å²) in [4.78, 5) is 4.07. The molecule has 86 valence electrons. The minimum absolute atomic E-state index is 0.0635. The number of hydrogen-bond acceptors (Lipinski definition) is 4. The van der Waals surface area contributed by atoms with E-state index >= 15 is 0 Å². The van der Waals surface area contributed by atoms with Crippen LogP contribution in [0, 0.1) is 5.82 Å². The lowest BCUT2D eigenvalue weighted by Gasteiger charge is -2.07. The maximum atomic E-state index is 12.9.